The monoisotopic (exact) mass is 342 g/mol. The molecule has 0 saturated carbocycles. The van der Waals surface area contributed by atoms with E-state index in [4.69, 9.17) is 9.47 Å². The molecule has 2 aromatic rings. The molecular weight excluding hydrogens is 320 g/mol. The molecule has 132 valence electrons. The van der Waals surface area contributed by atoms with Crippen LogP contribution in [0.2, 0.25) is 0 Å². The summed E-state index contributed by atoms with van der Waals surface area (Å²) in [5.74, 6) is 0.146. The highest BCUT2D eigenvalue weighted by Crippen LogP contribution is 2.32. The van der Waals surface area contributed by atoms with Gasteiger partial charge in [0, 0.05) is 17.7 Å². The summed E-state index contributed by atoms with van der Waals surface area (Å²) in [4.78, 5) is 27.9. The lowest BCUT2D eigenvalue weighted by Gasteiger charge is -2.26. The number of hydrogen-bond acceptors (Lipinski definition) is 4. The number of fused-ring (bicyclic) bond motifs is 1. The number of benzene rings is 1. The van der Waals surface area contributed by atoms with Gasteiger partial charge in [-0.1, -0.05) is 18.2 Å². The number of ether oxygens (including phenoxy) is 2. The average Bonchev–Trinajstić information content (AvgIpc) is 2.90. The Morgan fingerprint density at radius 1 is 1.32 bits per heavy atom. The Morgan fingerprint density at radius 3 is 2.84 bits per heavy atom. The number of para-hydroxylation sites is 1. The Labute approximate surface area is 146 Å². The lowest BCUT2D eigenvalue weighted by atomic mass is 10.0. The molecule has 0 bridgehead atoms. The van der Waals surface area contributed by atoms with Gasteiger partial charge in [-0.3, -0.25) is 4.79 Å². The fourth-order valence-corrected chi connectivity index (χ4v) is 3.21. The van der Waals surface area contributed by atoms with Crippen LogP contribution in [-0.4, -0.2) is 30.1 Å². The Balaban J connectivity index is 1.83. The third-order valence-electron chi connectivity index (χ3n) is 4.41. The van der Waals surface area contributed by atoms with Gasteiger partial charge in [0.15, 0.2) is 0 Å². The van der Waals surface area contributed by atoms with Crippen LogP contribution in [0, 0.1) is 13.8 Å². The number of H-pyrrole nitrogens is 1. The summed E-state index contributed by atoms with van der Waals surface area (Å²) in [7, 11) is 0. The molecule has 0 aliphatic carbocycles. The molecule has 25 heavy (non-hydrogen) atoms. The van der Waals surface area contributed by atoms with E-state index < -0.39 is 5.97 Å². The lowest BCUT2D eigenvalue weighted by molar-refractivity contribution is 0.0525. The lowest BCUT2D eigenvalue weighted by Crippen LogP contribution is -2.32. The maximum Gasteiger partial charge on any atom is 0.340 e. The van der Waals surface area contributed by atoms with Gasteiger partial charge >= 0.3 is 5.97 Å². The van der Waals surface area contributed by atoms with Crippen molar-refractivity contribution in [1.29, 1.82) is 0 Å². The number of aryl methyl sites for hydroxylation is 1. The zero-order valence-electron chi connectivity index (χ0n) is 14.6. The summed E-state index contributed by atoms with van der Waals surface area (Å²) >= 11 is 0. The summed E-state index contributed by atoms with van der Waals surface area (Å²) in [5.41, 5.74) is 3.03. The summed E-state index contributed by atoms with van der Waals surface area (Å²) in [5, 5.41) is 3.04. The zero-order valence-corrected chi connectivity index (χ0v) is 14.6. The van der Waals surface area contributed by atoms with Crippen molar-refractivity contribution in [3.05, 3.63) is 52.3 Å². The van der Waals surface area contributed by atoms with Gasteiger partial charge < -0.3 is 19.8 Å². The van der Waals surface area contributed by atoms with E-state index in [2.05, 4.69) is 10.3 Å². The summed E-state index contributed by atoms with van der Waals surface area (Å²) in [6.07, 6.45) is 0.701. The van der Waals surface area contributed by atoms with E-state index in [-0.39, 0.29) is 11.9 Å². The minimum Gasteiger partial charge on any atom is -0.493 e. The number of esters is 1. The quantitative estimate of drug-likeness (QED) is 0.837. The maximum absolute atomic E-state index is 12.8. The Hall–Kier alpha value is -2.76. The first kappa shape index (κ1) is 17.1. The van der Waals surface area contributed by atoms with Crippen LogP contribution in [0.15, 0.2) is 24.3 Å². The van der Waals surface area contributed by atoms with E-state index in [1.807, 2.05) is 24.3 Å². The molecule has 0 saturated heterocycles. The molecule has 1 amide bonds. The van der Waals surface area contributed by atoms with Crippen LogP contribution >= 0.6 is 0 Å². The van der Waals surface area contributed by atoms with Gasteiger partial charge in [0.1, 0.15) is 11.4 Å². The number of hydrogen-bond donors (Lipinski definition) is 2. The van der Waals surface area contributed by atoms with Crippen LogP contribution in [0.25, 0.3) is 0 Å². The highest BCUT2D eigenvalue weighted by Gasteiger charge is 2.27. The van der Waals surface area contributed by atoms with E-state index in [1.165, 1.54) is 0 Å². The Kier molecular flexibility index (Phi) is 4.79. The smallest absolute Gasteiger partial charge is 0.340 e. The number of carbonyl (C=O) groups is 2. The second-order valence-electron chi connectivity index (χ2n) is 6.05. The van der Waals surface area contributed by atoms with Crippen molar-refractivity contribution in [1.82, 2.24) is 10.3 Å². The van der Waals surface area contributed by atoms with Crippen molar-refractivity contribution in [3.8, 4) is 5.75 Å². The molecule has 1 atom stereocenters. The topological polar surface area (TPSA) is 80.4 Å². The molecule has 6 nitrogen and oxygen atoms in total. The summed E-state index contributed by atoms with van der Waals surface area (Å²) < 4.78 is 10.7. The van der Waals surface area contributed by atoms with Crippen molar-refractivity contribution < 1.29 is 19.1 Å². The molecule has 1 aromatic carbocycles. The van der Waals surface area contributed by atoms with E-state index in [9.17, 15) is 9.59 Å². The molecule has 3 rings (SSSR count). The third-order valence-corrected chi connectivity index (χ3v) is 4.41. The van der Waals surface area contributed by atoms with Crippen LogP contribution in [-0.2, 0) is 4.74 Å². The van der Waals surface area contributed by atoms with Crippen molar-refractivity contribution in [2.24, 2.45) is 0 Å². The number of rotatable bonds is 4. The molecular formula is C19H22N2O4. The van der Waals surface area contributed by atoms with Gasteiger partial charge in [-0.25, -0.2) is 4.79 Å². The number of amides is 1. The Bertz CT molecular complexity index is 810. The van der Waals surface area contributed by atoms with E-state index in [1.54, 1.807) is 20.8 Å². The molecule has 1 aliphatic rings. The third kappa shape index (κ3) is 3.24. The van der Waals surface area contributed by atoms with Crippen molar-refractivity contribution in [3.63, 3.8) is 0 Å². The second-order valence-corrected chi connectivity index (χ2v) is 6.05. The molecule has 1 aromatic heterocycles. The zero-order chi connectivity index (χ0) is 18.0. The second kappa shape index (κ2) is 7.01. The van der Waals surface area contributed by atoms with Gasteiger partial charge in [0.05, 0.1) is 24.8 Å². The largest absolute Gasteiger partial charge is 0.493 e. The fraction of sp³-hybridized carbons (Fsp3) is 0.368. The standard InChI is InChI=1S/C19H22N2O4/c1-4-24-19(23)16-11(2)17(20-12(16)3)18(22)21-14-9-10-25-15-8-6-5-7-13(14)15/h5-8,14,20H,4,9-10H2,1-3H3,(H,21,22). The van der Waals surface area contributed by atoms with Crippen LogP contribution in [0.1, 0.15) is 57.1 Å². The molecule has 2 heterocycles. The van der Waals surface area contributed by atoms with Crippen LogP contribution in [0.5, 0.6) is 5.75 Å². The van der Waals surface area contributed by atoms with E-state index >= 15 is 0 Å². The summed E-state index contributed by atoms with van der Waals surface area (Å²) in [6.45, 7) is 6.12. The van der Waals surface area contributed by atoms with Gasteiger partial charge in [-0.2, -0.15) is 0 Å². The number of nitrogens with one attached hydrogen (secondary N) is 2. The summed E-state index contributed by atoms with van der Waals surface area (Å²) in [6, 6.07) is 7.57. The van der Waals surface area contributed by atoms with Crippen molar-refractivity contribution >= 4 is 11.9 Å². The van der Waals surface area contributed by atoms with Crippen LogP contribution in [0.4, 0.5) is 0 Å². The number of carbonyl (C=O) groups excluding carboxylic acids is 2. The Morgan fingerprint density at radius 2 is 2.08 bits per heavy atom. The van der Waals surface area contributed by atoms with Crippen LogP contribution in [0.3, 0.4) is 0 Å². The number of aromatic amines is 1. The molecule has 6 heteroatoms. The number of aromatic nitrogens is 1. The molecule has 1 aliphatic heterocycles. The van der Waals surface area contributed by atoms with Crippen molar-refractivity contribution in [2.75, 3.05) is 13.2 Å². The van der Waals surface area contributed by atoms with Gasteiger partial charge in [0.25, 0.3) is 5.91 Å². The first-order valence-electron chi connectivity index (χ1n) is 8.41. The van der Waals surface area contributed by atoms with E-state index in [0.29, 0.717) is 42.1 Å². The normalized spacial score (nSPS) is 15.9. The van der Waals surface area contributed by atoms with Gasteiger partial charge in [0.2, 0.25) is 0 Å². The minimum atomic E-state index is -0.413. The highest BCUT2D eigenvalue weighted by molar-refractivity contribution is 6.00. The van der Waals surface area contributed by atoms with Crippen LogP contribution < -0.4 is 10.1 Å². The maximum atomic E-state index is 12.8. The molecule has 1 unspecified atom stereocenters. The molecule has 0 spiro atoms. The van der Waals surface area contributed by atoms with Gasteiger partial charge in [-0.15, -0.1) is 0 Å². The van der Waals surface area contributed by atoms with E-state index in [0.717, 1.165) is 11.3 Å². The minimum absolute atomic E-state index is 0.119. The SMILES string of the molecule is CCOC(=O)c1c(C)[nH]c(C(=O)NC2CCOc3ccccc32)c1C. The molecule has 2 N–H and O–H groups in total. The molecule has 0 radical (unpaired) electrons. The first-order chi connectivity index (χ1) is 12.0. The average molecular weight is 342 g/mol. The first-order valence-corrected chi connectivity index (χ1v) is 8.41. The van der Waals surface area contributed by atoms with Crippen molar-refractivity contribution in [2.45, 2.75) is 33.2 Å². The molecule has 0 fully saturated rings. The predicted octanol–water partition coefficient (Wildman–Crippen LogP) is 3.06. The fourth-order valence-electron chi connectivity index (χ4n) is 3.21. The predicted molar refractivity (Wildman–Crippen MR) is 93.0 cm³/mol. The van der Waals surface area contributed by atoms with Gasteiger partial charge in [-0.05, 0) is 32.4 Å². The highest BCUT2D eigenvalue weighted by atomic mass is 16.5.